The Labute approximate surface area is 127 Å². The third kappa shape index (κ3) is 3.65. The molecule has 1 aromatic rings. The Kier molecular flexibility index (Phi) is 4.59. The Hall–Kier alpha value is -1.35. The van der Waals surface area contributed by atoms with Gasteiger partial charge in [-0.25, -0.2) is 0 Å². The van der Waals surface area contributed by atoms with Crippen LogP contribution >= 0.6 is 0 Å². The summed E-state index contributed by atoms with van der Waals surface area (Å²) in [5, 5.41) is 0. The predicted octanol–water partition coefficient (Wildman–Crippen LogP) is 2.83. The molecule has 0 saturated carbocycles. The van der Waals surface area contributed by atoms with Gasteiger partial charge in [0.2, 0.25) is 5.91 Å². The van der Waals surface area contributed by atoms with Crippen LogP contribution in [-0.2, 0) is 11.3 Å². The fourth-order valence-electron chi connectivity index (χ4n) is 3.67. The number of hydrogen-bond acceptors (Lipinski definition) is 2. The second kappa shape index (κ2) is 6.61. The molecule has 3 rings (SSSR count). The molecule has 2 saturated heterocycles. The molecular formula is C18H26N2O. The highest BCUT2D eigenvalue weighted by molar-refractivity contribution is 5.79. The summed E-state index contributed by atoms with van der Waals surface area (Å²) in [6.45, 7) is 7.13. The molecule has 1 atom stereocenters. The Bertz CT molecular complexity index is 494. The zero-order chi connectivity index (χ0) is 14.7. The minimum absolute atomic E-state index is 0.224. The molecule has 1 aromatic carbocycles. The Balaban J connectivity index is 1.59. The molecule has 0 spiro atoms. The SMILES string of the molecule is Cc1cccc(CN2CCCC(C(=O)N3CCCC3)C2)c1. The number of piperidine rings is 1. The quantitative estimate of drug-likeness (QED) is 0.853. The molecule has 114 valence electrons. The highest BCUT2D eigenvalue weighted by Gasteiger charge is 2.30. The zero-order valence-electron chi connectivity index (χ0n) is 13.1. The van der Waals surface area contributed by atoms with Crippen molar-refractivity contribution in [3.05, 3.63) is 35.4 Å². The van der Waals surface area contributed by atoms with Crippen LogP contribution in [0.2, 0.25) is 0 Å². The van der Waals surface area contributed by atoms with Crippen LogP contribution in [0.5, 0.6) is 0 Å². The number of carbonyl (C=O) groups excluding carboxylic acids is 1. The molecule has 3 nitrogen and oxygen atoms in total. The number of carbonyl (C=O) groups is 1. The average Bonchev–Trinajstić information content (AvgIpc) is 3.01. The minimum Gasteiger partial charge on any atom is -0.342 e. The van der Waals surface area contributed by atoms with Crippen LogP contribution in [0.25, 0.3) is 0 Å². The van der Waals surface area contributed by atoms with Gasteiger partial charge in [-0.1, -0.05) is 29.8 Å². The third-order valence-electron chi connectivity index (χ3n) is 4.76. The molecule has 2 aliphatic heterocycles. The van der Waals surface area contributed by atoms with Gasteiger partial charge in [-0.05, 0) is 44.7 Å². The molecule has 2 heterocycles. The molecule has 1 amide bonds. The number of hydrogen-bond donors (Lipinski definition) is 0. The first-order chi connectivity index (χ1) is 10.2. The van der Waals surface area contributed by atoms with E-state index in [0.717, 1.165) is 45.6 Å². The monoisotopic (exact) mass is 286 g/mol. The van der Waals surface area contributed by atoms with E-state index in [2.05, 4.69) is 41.0 Å². The van der Waals surface area contributed by atoms with E-state index in [0.29, 0.717) is 5.91 Å². The zero-order valence-corrected chi connectivity index (χ0v) is 13.1. The van der Waals surface area contributed by atoms with Crippen LogP contribution in [0.3, 0.4) is 0 Å². The van der Waals surface area contributed by atoms with E-state index in [4.69, 9.17) is 0 Å². The number of rotatable bonds is 3. The summed E-state index contributed by atoms with van der Waals surface area (Å²) < 4.78 is 0. The van der Waals surface area contributed by atoms with Gasteiger partial charge in [0.15, 0.2) is 0 Å². The van der Waals surface area contributed by atoms with Crippen molar-refractivity contribution in [2.45, 2.75) is 39.2 Å². The van der Waals surface area contributed by atoms with Crippen LogP contribution in [-0.4, -0.2) is 41.9 Å². The lowest BCUT2D eigenvalue weighted by molar-refractivity contribution is -0.136. The predicted molar refractivity (Wildman–Crippen MR) is 85.0 cm³/mol. The summed E-state index contributed by atoms with van der Waals surface area (Å²) in [5.74, 6) is 0.628. The average molecular weight is 286 g/mol. The molecule has 1 unspecified atom stereocenters. The summed E-state index contributed by atoms with van der Waals surface area (Å²) in [6, 6.07) is 8.71. The standard InChI is InChI=1S/C18H26N2O/c1-15-6-4-7-16(12-15)13-19-9-5-8-17(14-19)18(21)20-10-2-3-11-20/h4,6-7,12,17H,2-3,5,8-11,13-14H2,1H3. The number of benzene rings is 1. The lowest BCUT2D eigenvalue weighted by atomic mass is 9.96. The van der Waals surface area contributed by atoms with Crippen LogP contribution in [0.15, 0.2) is 24.3 Å². The highest BCUT2D eigenvalue weighted by atomic mass is 16.2. The van der Waals surface area contributed by atoms with Crippen molar-refractivity contribution in [3.63, 3.8) is 0 Å². The van der Waals surface area contributed by atoms with Crippen molar-refractivity contribution >= 4 is 5.91 Å². The van der Waals surface area contributed by atoms with Crippen molar-refractivity contribution < 1.29 is 4.79 Å². The van der Waals surface area contributed by atoms with E-state index in [1.54, 1.807) is 0 Å². The molecule has 0 bridgehead atoms. The molecule has 2 fully saturated rings. The summed E-state index contributed by atoms with van der Waals surface area (Å²) in [6.07, 6.45) is 4.59. The lowest BCUT2D eigenvalue weighted by Gasteiger charge is -2.34. The lowest BCUT2D eigenvalue weighted by Crippen LogP contribution is -2.43. The van der Waals surface area contributed by atoms with Crippen molar-refractivity contribution in [2.75, 3.05) is 26.2 Å². The normalized spacial score (nSPS) is 23.5. The molecule has 0 aliphatic carbocycles. The number of amides is 1. The van der Waals surface area contributed by atoms with E-state index in [1.165, 1.54) is 24.0 Å². The van der Waals surface area contributed by atoms with Crippen LogP contribution in [0.4, 0.5) is 0 Å². The molecule has 0 N–H and O–H groups in total. The summed E-state index contributed by atoms with van der Waals surface area (Å²) >= 11 is 0. The summed E-state index contributed by atoms with van der Waals surface area (Å²) in [4.78, 5) is 17.1. The van der Waals surface area contributed by atoms with Gasteiger partial charge >= 0.3 is 0 Å². The van der Waals surface area contributed by atoms with Crippen molar-refractivity contribution in [2.24, 2.45) is 5.92 Å². The van der Waals surface area contributed by atoms with Crippen LogP contribution in [0.1, 0.15) is 36.8 Å². The van der Waals surface area contributed by atoms with Gasteiger partial charge in [-0.15, -0.1) is 0 Å². The molecule has 0 radical (unpaired) electrons. The smallest absolute Gasteiger partial charge is 0.226 e. The van der Waals surface area contributed by atoms with Gasteiger partial charge in [-0.2, -0.15) is 0 Å². The first kappa shape index (κ1) is 14.6. The van der Waals surface area contributed by atoms with E-state index >= 15 is 0 Å². The van der Waals surface area contributed by atoms with E-state index in [1.807, 2.05) is 0 Å². The minimum atomic E-state index is 0.224. The van der Waals surface area contributed by atoms with Gasteiger partial charge in [-0.3, -0.25) is 9.69 Å². The topological polar surface area (TPSA) is 23.6 Å². The molecular weight excluding hydrogens is 260 g/mol. The van der Waals surface area contributed by atoms with E-state index in [9.17, 15) is 4.79 Å². The Morgan fingerprint density at radius 1 is 1.19 bits per heavy atom. The van der Waals surface area contributed by atoms with Crippen molar-refractivity contribution in [3.8, 4) is 0 Å². The van der Waals surface area contributed by atoms with Gasteiger partial charge < -0.3 is 4.90 Å². The number of aryl methyl sites for hydroxylation is 1. The molecule has 3 heteroatoms. The number of nitrogens with zero attached hydrogens (tertiary/aromatic N) is 2. The number of likely N-dealkylation sites (tertiary alicyclic amines) is 2. The first-order valence-corrected chi connectivity index (χ1v) is 8.29. The first-order valence-electron chi connectivity index (χ1n) is 8.29. The van der Waals surface area contributed by atoms with Crippen molar-refractivity contribution in [1.29, 1.82) is 0 Å². The largest absolute Gasteiger partial charge is 0.342 e. The Morgan fingerprint density at radius 2 is 2.00 bits per heavy atom. The second-order valence-corrected chi connectivity index (χ2v) is 6.60. The maximum Gasteiger partial charge on any atom is 0.226 e. The molecule has 2 aliphatic rings. The van der Waals surface area contributed by atoms with Crippen molar-refractivity contribution in [1.82, 2.24) is 9.80 Å². The third-order valence-corrected chi connectivity index (χ3v) is 4.76. The van der Waals surface area contributed by atoms with Gasteiger partial charge in [0.25, 0.3) is 0 Å². The second-order valence-electron chi connectivity index (χ2n) is 6.60. The van der Waals surface area contributed by atoms with Crippen LogP contribution < -0.4 is 0 Å². The molecule has 0 aromatic heterocycles. The maximum atomic E-state index is 12.6. The summed E-state index contributed by atoms with van der Waals surface area (Å²) in [7, 11) is 0. The van der Waals surface area contributed by atoms with Crippen LogP contribution in [0, 0.1) is 12.8 Å². The van der Waals surface area contributed by atoms with E-state index < -0.39 is 0 Å². The fourth-order valence-corrected chi connectivity index (χ4v) is 3.67. The highest BCUT2D eigenvalue weighted by Crippen LogP contribution is 2.22. The Morgan fingerprint density at radius 3 is 2.76 bits per heavy atom. The molecule has 21 heavy (non-hydrogen) atoms. The van der Waals surface area contributed by atoms with E-state index in [-0.39, 0.29) is 5.92 Å². The summed E-state index contributed by atoms with van der Waals surface area (Å²) in [5.41, 5.74) is 2.68. The van der Waals surface area contributed by atoms with Gasteiger partial charge in [0.1, 0.15) is 0 Å². The van der Waals surface area contributed by atoms with Gasteiger partial charge in [0.05, 0.1) is 5.92 Å². The fraction of sp³-hybridized carbons (Fsp3) is 0.611. The van der Waals surface area contributed by atoms with Gasteiger partial charge in [0, 0.05) is 26.2 Å². The maximum absolute atomic E-state index is 12.6.